The molecule has 23 heavy (non-hydrogen) atoms. The van der Waals surface area contributed by atoms with Crippen molar-refractivity contribution in [3.8, 4) is 0 Å². The predicted molar refractivity (Wildman–Crippen MR) is 87.6 cm³/mol. The minimum absolute atomic E-state index is 0.272. The minimum atomic E-state index is -0.310. The summed E-state index contributed by atoms with van der Waals surface area (Å²) in [5, 5.41) is 6.96. The lowest BCUT2D eigenvalue weighted by Gasteiger charge is -2.04. The molecule has 116 valence electrons. The Morgan fingerprint density at radius 3 is 2.83 bits per heavy atom. The molecule has 3 rings (SSSR count). The smallest absolute Gasteiger partial charge is 0.258 e. The Balaban J connectivity index is 1.76. The fourth-order valence-electron chi connectivity index (χ4n) is 2.04. The Kier molecular flexibility index (Phi) is 4.47. The van der Waals surface area contributed by atoms with Gasteiger partial charge in [-0.15, -0.1) is 0 Å². The Morgan fingerprint density at radius 2 is 2.09 bits per heavy atom. The van der Waals surface area contributed by atoms with E-state index in [0.717, 1.165) is 0 Å². The first-order valence-corrected chi connectivity index (χ1v) is 7.60. The summed E-state index contributed by atoms with van der Waals surface area (Å²) < 4.78 is 15.9. The van der Waals surface area contributed by atoms with Gasteiger partial charge in [0.2, 0.25) is 0 Å². The van der Waals surface area contributed by atoms with Crippen molar-refractivity contribution >= 4 is 27.7 Å². The van der Waals surface area contributed by atoms with E-state index in [1.54, 1.807) is 47.4 Å². The Labute approximate surface area is 140 Å². The van der Waals surface area contributed by atoms with Crippen molar-refractivity contribution in [1.82, 2.24) is 14.8 Å². The quantitative estimate of drug-likeness (QED) is 0.760. The third kappa shape index (κ3) is 3.62. The van der Waals surface area contributed by atoms with E-state index in [4.69, 9.17) is 0 Å². The van der Waals surface area contributed by atoms with Gasteiger partial charge in [0.1, 0.15) is 5.82 Å². The third-order valence-corrected chi connectivity index (χ3v) is 3.74. The van der Waals surface area contributed by atoms with Gasteiger partial charge in [-0.1, -0.05) is 18.2 Å². The predicted octanol–water partition coefficient (Wildman–Crippen LogP) is 3.48. The number of halogens is 2. The molecule has 0 aliphatic heterocycles. The second-order valence-electron chi connectivity index (χ2n) is 4.81. The van der Waals surface area contributed by atoms with E-state index in [1.807, 2.05) is 0 Å². The van der Waals surface area contributed by atoms with Crippen molar-refractivity contribution in [3.63, 3.8) is 0 Å². The normalized spacial score (nSPS) is 10.5. The second-order valence-corrected chi connectivity index (χ2v) is 5.66. The van der Waals surface area contributed by atoms with Crippen LogP contribution >= 0.6 is 15.9 Å². The number of hydrogen-bond acceptors (Lipinski definition) is 3. The van der Waals surface area contributed by atoms with Gasteiger partial charge in [-0.25, -0.2) is 4.39 Å². The molecule has 1 aromatic carbocycles. The van der Waals surface area contributed by atoms with Crippen molar-refractivity contribution in [3.05, 3.63) is 76.4 Å². The van der Waals surface area contributed by atoms with Crippen LogP contribution in [0.4, 0.5) is 10.2 Å². The van der Waals surface area contributed by atoms with Crippen molar-refractivity contribution in [2.45, 2.75) is 6.54 Å². The van der Waals surface area contributed by atoms with Gasteiger partial charge in [0.25, 0.3) is 5.91 Å². The molecule has 0 atom stereocenters. The summed E-state index contributed by atoms with van der Waals surface area (Å²) in [5.41, 5.74) is 0.954. The molecular formula is C16H12BrFN4O. The Morgan fingerprint density at radius 1 is 1.26 bits per heavy atom. The Bertz CT molecular complexity index is 835. The van der Waals surface area contributed by atoms with Gasteiger partial charge in [-0.3, -0.25) is 14.5 Å². The zero-order valence-electron chi connectivity index (χ0n) is 11.9. The van der Waals surface area contributed by atoms with E-state index in [9.17, 15) is 9.18 Å². The monoisotopic (exact) mass is 374 g/mol. The van der Waals surface area contributed by atoms with Crippen molar-refractivity contribution in [2.24, 2.45) is 0 Å². The van der Waals surface area contributed by atoms with Crippen molar-refractivity contribution in [2.75, 3.05) is 5.32 Å². The van der Waals surface area contributed by atoms with Crippen LogP contribution < -0.4 is 5.32 Å². The fourth-order valence-corrected chi connectivity index (χ4v) is 2.46. The molecule has 0 saturated heterocycles. The van der Waals surface area contributed by atoms with Crippen LogP contribution in [-0.2, 0) is 6.54 Å². The van der Waals surface area contributed by atoms with Crippen LogP contribution in [0, 0.1) is 5.82 Å². The maximum Gasteiger partial charge on any atom is 0.258 e. The first-order valence-electron chi connectivity index (χ1n) is 6.81. The highest BCUT2D eigenvalue weighted by molar-refractivity contribution is 9.10. The molecule has 0 spiro atoms. The van der Waals surface area contributed by atoms with Crippen LogP contribution in [0.2, 0.25) is 0 Å². The Hall–Kier alpha value is -2.54. The number of amides is 1. The minimum Gasteiger partial charge on any atom is -0.304 e. The summed E-state index contributed by atoms with van der Waals surface area (Å²) in [4.78, 5) is 16.0. The van der Waals surface area contributed by atoms with Gasteiger partial charge in [0.05, 0.1) is 16.6 Å². The number of carbonyl (C=O) groups is 1. The van der Waals surface area contributed by atoms with E-state index in [-0.39, 0.29) is 18.3 Å². The number of anilines is 1. The molecule has 2 aromatic heterocycles. The molecule has 0 radical (unpaired) electrons. The topological polar surface area (TPSA) is 59.8 Å². The number of pyridine rings is 1. The van der Waals surface area contributed by atoms with Crippen LogP contribution in [0.3, 0.4) is 0 Å². The van der Waals surface area contributed by atoms with E-state index < -0.39 is 0 Å². The van der Waals surface area contributed by atoms with E-state index in [1.165, 1.54) is 12.3 Å². The van der Waals surface area contributed by atoms with Gasteiger partial charge in [-0.2, -0.15) is 5.10 Å². The molecule has 0 saturated carbocycles. The van der Waals surface area contributed by atoms with Crippen LogP contribution in [0.1, 0.15) is 15.9 Å². The van der Waals surface area contributed by atoms with E-state index in [0.29, 0.717) is 21.4 Å². The second kappa shape index (κ2) is 6.70. The zero-order valence-corrected chi connectivity index (χ0v) is 13.5. The first kappa shape index (κ1) is 15.4. The van der Waals surface area contributed by atoms with Crippen LogP contribution in [0.15, 0.2) is 59.5 Å². The lowest BCUT2D eigenvalue weighted by molar-refractivity contribution is 0.102. The van der Waals surface area contributed by atoms with Gasteiger partial charge in [-0.05, 0) is 34.1 Å². The number of carbonyl (C=O) groups excluding carboxylic acids is 1. The molecule has 7 heteroatoms. The molecule has 0 fully saturated rings. The molecule has 1 N–H and O–H groups in total. The molecule has 0 aliphatic carbocycles. The standard InChI is InChI=1S/C16H12BrFN4O/c17-13-10-22(9-12-4-1-2-6-14(12)18)21-15(13)20-16(23)11-5-3-7-19-8-11/h1-8,10H,9H2,(H,20,21,23). The maximum absolute atomic E-state index is 13.7. The summed E-state index contributed by atoms with van der Waals surface area (Å²) in [6.45, 7) is 0.272. The van der Waals surface area contributed by atoms with Crippen LogP contribution in [0.25, 0.3) is 0 Å². The summed E-state index contributed by atoms with van der Waals surface area (Å²) in [6.07, 6.45) is 4.75. The fraction of sp³-hybridized carbons (Fsp3) is 0.0625. The summed E-state index contributed by atoms with van der Waals surface area (Å²) in [6, 6.07) is 9.84. The third-order valence-electron chi connectivity index (χ3n) is 3.16. The average molecular weight is 375 g/mol. The molecule has 5 nitrogen and oxygen atoms in total. The zero-order chi connectivity index (χ0) is 16.2. The lowest BCUT2D eigenvalue weighted by atomic mass is 10.2. The molecule has 0 bridgehead atoms. The van der Waals surface area contributed by atoms with Crippen LogP contribution in [0.5, 0.6) is 0 Å². The molecule has 0 aliphatic rings. The number of aromatic nitrogens is 3. The first-order chi connectivity index (χ1) is 11.1. The molecule has 0 unspecified atom stereocenters. The van der Waals surface area contributed by atoms with Crippen LogP contribution in [-0.4, -0.2) is 20.7 Å². The highest BCUT2D eigenvalue weighted by Crippen LogP contribution is 2.21. The highest BCUT2D eigenvalue weighted by atomic mass is 79.9. The van der Waals surface area contributed by atoms with Gasteiger partial charge < -0.3 is 5.32 Å². The highest BCUT2D eigenvalue weighted by Gasteiger charge is 2.13. The van der Waals surface area contributed by atoms with Gasteiger partial charge in [0.15, 0.2) is 5.82 Å². The number of hydrogen-bond donors (Lipinski definition) is 1. The molecular weight excluding hydrogens is 363 g/mol. The molecule has 3 aromatic rings. The van der Waals surface area contributed by atoms with Crippen molar-refractivity contribution in [1.29, 1.82) is 0 Å². The summed E-state index contributed by atoms with van der Waals surface area (Å²) >= 11 is 3.34. The number of nitrogens with zero attached hydrogens (tertiary/aromatic N) is 3. The van der Waals surface area contributed by atoms with Gasteiger partial charge in [0, 0.05) is 24.2 Å². The maximum atomic E-state index is 13.7. The lowest BCUT2D eigenvalue weighted by Crippen LogP contribution is -2.13. The number of benzene rings is 1. The van der Waals surface area contributed by atoms with Gasteiger partial charge >= 0.3 is 0 Å². The van der Waals surface area contributed by atoms with Crippen molar-refractivity contribution < 1.29 is 9.18 Å². The number of nitrogens with one attached hydrogen (secondary N) is 1. The van der Waals surface area contributed by atoms with E-state index in [2.05, 4.69) is 31.3 Å². The molecule has 1 amide bonds. The molecule has 2 heterocycles. The van der Waals surface area contributed by atoms with E-state index >= 15 is 0 Å². The SMILES string of the molecule is O=C(Nc1nn(Cc2ccccc2F)cc1Br)c1cccnc1. The number of rotatable bonds is 4. The average Bonchev–Trinajstić information content (AvgIpc) is 2.90. The largest absolute Gasteiger partial charge is 0.304 e. The summed E-state index contributed by atoms with van der Waals surface area (Å²) in [7, 11) is 0. The summed E-state index contributed by atoms with van der Waals surface area (Å²) in [5.74, 6) is -0.231.